The van der Waals surface area contributed by atoms with E-state index in [1.165, 1.54) is 0 Å². The zero-order valence-corrected chi connectivity index (χ0v) is 5.35. The summed E-state index contributed by atoms with van der Waals surface area (Å²) in [6.07, 6.45) is 0. The molecule has 0 aliphatic carbocycles. The van der Waals surface area contributed by atoms with E-state index >= 15 is 0 Å². The first-order chi connectivity index (χ1) is 0. The van der Waals surface area contributed by atoms with Crippen LogP contribution >= 0.6 is 0 Å². The molecule has 0 aliphatic rings. The van der Waals surface area contributed by atoms with E-state index in [9.17, 15) is 0 Å². The Kier molecular flexibility index (Phi) is 414. The molecule has 9 radical (unpaired) electrons. The third-order valence-corrected chi connectivity index (χ3v) is 0. The van der Waals surface area contributed by atoms with Gasteiger partial charge in [0.05, 0.1) is 0 Å². The van der Waals surface area contributed by atoms with Crippen LogP contribution in [-0.4, -0.2) is 11.0 Å². The van der Waals surface area contributed by atoms with E-state index in [4.69, 9.17) is 0 Å². The fraction of sp³-hybridized carbons (Fsp3) is 0. The Bertz CT molecular complexity index is 8.00. The van der Waals surface area contributed by atoms with Crippen LogP contribution < -0.4 is 6.15 Å². The first-order valence-corrected chi connectivity index (χ1v) is 0. The number of rotatable bonds is 0. The van der Waals surface area contributed by atoms with Gasteiger partial charge in [0.25, 0.3) is 0 Å². The summed E-state index contributed by atoms with van der Waals surface area (Å²) in [5, 5.41) is 0. The third-order valence-electron chi connectivity index (χ3n) is 0. The third kappa shape index (κ3) is 10.4. The molecule has 0 amide bonds. The zero-order valence-electron chi connectivity index (χ0n) is 1.77. The molecule has 0 atom stereocenters. The molecular formula is MnNSiV. The molecule has 0 aromatic heterocycles. The monoisotopic (exact) mass is 148 g/mol. The summed E-state index contributed by atoms with van der Waals surface area (Å²) in [4.78, 5) is 0. The summed E-state index contributed by atoms with van der Waals surface area (Å²) >= 11 is 0. The minimum Gasteiger partial charge on any atom is 0 e. The van der Waals surface area contributed by atoms with Crippen molar-refractivity contribution in [3.8, 4) is 0 Å². The van der Waals surface area contributed by atoms with E-state index < -0.39 is 0 Å². The second kappa shape index (κ2) is 28.1. The van der Waals surface area contributed by atoms with Gasteiger partial charge in [-0.15, -0.1) is 0 Å². The quantitative estimate of drug-likeness (QED) is 0.400. The summed E-state index contributed by atoms with van der Waals surface area (Å²) in [6, 6.07) is 0. The topological polar surface area (TPSA) is 30.5 Å². The van der Waals surface area contributed by atoms with Crippen molar-refractivity contribution in [3.63, 3.8) is 0 Å². The van der Waals surface area contributed by atoms with Gasteiger partial charge < -0.3 is 0 Å². The van der Waals surface area contributed by atoms with E-state index in [0.29, 0.717) is 0 Å². The Morgan fingerprint density at radius 3 is 1.00 bits per heavy atom. The van der Waals surface area contributed by atoms with Crippen molar-refractivity contribution in [2.24, 2.45) is 0 Å². The first kappa shape index (κ1) is 59.0. The smallest absolute Gasteiger partial charge is 0 e. The summed E-state index contributed by atoms with van der Waals surface area (Å²) in [5.74, 6) is 0. The molecule has 0 aromatic rings. The minimum atomic E-state index is 0. The van der Waals surface area contributed by atoms with Crippen LogP contribution in [0.4, 0.5) is 0 Å². The van der Waals surface area contributed by atoms with Crippen molar-refractivity contribution in [2.45, 2.75) is 0 Å². The van der Waals surface area contributed by atoms with E-state index in [2.05, 4.69) is 0 Å². The molecule has 4 heavy (non-hydrogen) atoms. The molecule has 0 saturated heterocycles. The summed E-state index contributed by atoms with van der Waals surface area (Å²) in [5.41, 5.74) is 0. The van der Waals surface area contributed by atoms with Crippen LogP contribution in [0.15, 0.2) is 0 Å². The molecule has 0 aromatic carbocycles. The molecule has 0 fully saturated rings. The van der Waals surface area contributed by atoms with E-state index in [1.54, 1.807) is 0 Å². The van der Waals surface area contributed by atoms with Gasteiger partial charge >= 0.3 is 0 Å². The molecule has 21 valence electrons. The Labute approximate surface area is 52.9 Å². The normalized spacial score (nSPS) is 0. The number of nitrogens with zero attached hydrogens (tertiary/aromatic N) is 1. The number of hydrogen-bond donors (Lipinski definition) is 0. The van der Waals surface area contributed by atoms with Gasteiger partial charge in [-0.05, 0) is 0 Å². The van der Waals surface area contributed by atoms with Gasteiger partial charge in [-0.25, -0.2) is 0 Å². The molecule has 0 unspecified atom stereocenters. The van der Waals surface area contributed by atoms with Gasteiger partial charge in [-0.2, -0.15) is 0 Å². The fourth-order valence-electron chi connectivity index (χ4n) is 0. The molecule has 0 heterocycles. The van der Waals surface area contributed by atoms with Crippen molar-refractivity contribution in [2.75, 3.05) is 0 Å². The minimum absolute atomic E-state index is 0. The van der Waals surface area contributed by atoms with Gasteiger partial charge in [0.1, 0.15) is 0 Å². The maximum atomic E-state index is 0. The van der Waals surface area contributed by atoms with Gasteiger partial charge in [-0.1, -0.05) is 0 Å². The maximum absolute atomic E-state index is 0. The average molecular weight is 148 g/mol. The first-order valence-electron chi connectivity index (χ1n) is 0. The predicted molar refractivity (Wildman–Crippen MR) is 7.89 cm³/mol. The van der Waals surface area contributed by atoms with Crippen molar-refractivity contribution in [1.29, 1.82) is 0 Å². The Balaban J connectivity index is 0. The van der Waals surface area contributed by atoms with Crippen LogP contribution in [0.1, 0.15) is 0 Å². The van der Waals surface area contributed by atoms with Gasteiger partial charge in [0.2, 0.25) is 0 Å². The molecular weight excluding hydrogens is 148 g/mol. The van der Waals surface area contributed by atoms with Gasteiger partial charge in [0, 0.05) is 52.7 Å². The SMILES string of the molecule is [Mn].[N].[Si].[V]. The Morgan fingerprint density at radius 2 is 1.00 bits per heavy atom. The summed E-state index contributed by atoms with van der Waals surface area (Å²) in [6.45, 7) is 0. The van der Waals surface area contributed by atoms with Gasteiger partial charge in [-0.3, -0.25) is 0 Å². The predicted octanol–water partition coefficient (Wildman–Crippen LogP) is -0.866. The molecule has 0 N–H and O–H groups in total. The summed E-state index contributed by atoms with van der Waals surface area (Å²) in [7, 11) is 0. The maximum Gasteiger partial charge on any atom is 0 e. The largest absolute Gasteiger partial charge is 0 e. The van der Waals surface area contributed by atoms with E-state index in [1.807, 2.05) is 0 Å². The summed E-state index contributed by atoms with van der Waals surface area (Å²) < 4.78 is 0. The van der Waals surface area contributed by atoms with Crippen LogP contribution in [-0.2, 0) is 35.6 Å². The molecule has 0 rings (SSSR count). The second-order valence-corrected chi connectivity index (χ2v) is 0. The average Bonchev–Trinajstić information content (AvgIpc) is 0. The van der Waals surface area contributed by atoms with Crippen LogP contribution in [0.2, 0.25) is 0 Å². The number of hydrogen-bond acceptors (Lipinski definition) is 0. The van der Waals surface area contributed by atoms with Crippen LogP contribution in [0.25, 0.3) is 0 Å². The zero-order chi connectivity index (χ0) is 0. The second-order valence-electron chi connectivity index (χ2n) is 0. The molecule has 0 saturated carbocycles. The van der Waals surface area contributed by atoms with Gasteiger partial charge in [0.15, 0.2) is 0 Å². The van der Waals surface area contributed by atoms with E-state index in [-0.39, 0.29) is 52.7 Å². The molecule has 0 aliphatic heterocycles. The molecule has 0 bridgehead atoms. The van der Waals surface area contributed by atoms with Crippen molar-refractivity contribution >= 4 is 11.0 Å². The molecule has 1 nitrogen and oxygen atoms in total. The molecule has 0 spiro atoms. The van der Waals surface area contributed by atoms with Crippen molar-refractivity contribution < 1.29 is 35.6 Å². The fourth-order valence-corrected chi connectivity index (χ4v) is 0. The Hall–Kier alpha value is 1.28. The standard InChI is InChI=1S/Mn.N.Si.V. The molecule has 4 heteroatoms. The van der Waals surface area contributed by atoms with Crippen LogP contribution in [0.3, 0.4) is 0 Å². The Morgan fingerprint density at radius 1 is 1.00 bits per heavy atom. The van der Waals surface area contributed by atoms with Crippen molar-refractivity contribution in [3.05, 3.63) is 0 Å². The van der Waals surface area contributed by atoms with Crippen LogP contribution in [0.5, 0.6) is 0 Å². The van der Waals surface area contributed by atoms with E-state index in [0.717, 1.165) is 0 Å². The van der Waals surface area contributed by atoms with Crippen LogP contribution in [0, 0.1) is 0 Å². The van der Waals surface area contributed by atoms with Crippen molar-refractivity contribution in [1.82, 2.24) is 6.15 Å².